The second kappa shape index (κ2) is 9.35. The summed E-state index contributed by atoms with van der Waals surface area (Å²) < 4.78 is 15.7. The molecule has 0 atom stereocenters. The molecule has 4 heteroatoms. The fraction of sp³-hybridized carbons (Fsp3) is 0.379. The minimum Gasteiger partial charge on any atom is -0.371 e. The molecule has 1 saturated heterocycles. The maximum absolute atomic E-state index is 15.7. The van der Waals surface area contributed by atoms with E-state index in [1.54, 1.807) is 24.3 Å². The van der Waals surface area contributed by atoms with Gasteiger partial charge in [-0.2, -0.15) is 5.26 Å². The van der Waals surface area contributed by atoms with Gasteiger partial charge < -0.3 is 4.90 Å². The number of piperidine rings is 1. The predicted molar refractivity (Wildman–Crippen MR) is 135 cm³/mol. The minimum absolute atomic E-state index is 0.406. The van der Waals surface area contributed by atoms with Gasteiger partial charge in [-0.3, -0.25) is 4.99 Å². The number of nitrogens with zero attached hydrogens (tertiary/aromatic N) is 3. The number of hydrogen-bond acceptors (Lipinski definition) is 3. The molecule has 2 aromatic rings. The first kappa shape index (κ1) is 23.0. The van der Waals surface area contributed by atoms with Gasteiger partial charge in [0.25, 0.3) is 0 Å². The lowest BCUT2D eigenvalue weighted by molar-refractivity contribution is 0.0794. The van der Waals surface area contributed by atoms with E-state index in [2.05, 4.69) is 55.2 Å². The van der Waals surface area contributed by atoms with Crippen molar-refractivity contribution in [3.8, 4) is 6.07 Å². The monoisotopic (exact) mass is 441 g/mol. The number of allylic oxidation sites excluding steroid dienone is 1. The molecule has 4 rings (SSSR count). The average molecular weight is 442 g/mol. The third-order valence-electron chi connectivity index (χ3n) is 7.43. The molecule has 2 aliphatic rings. The lowest BCUT2D eigenvalue weighted by Gasteiger charge is -2.39. The molecule has 0 N–H and O–H groups in total. The van der Waals surface area contributed by atoms with Crippen LogP contribution >= 0.6 is 0 Å². The highest BCUT2D eigenvalue weighted by atomic mass is 19.1. The van der Waals surface area contributed by atoms with Gasteiger partial charge in [0.1, 0.15) is 5.67 Å². The third-order valence-corrected chi connectivity index (χ3v) is 7.43. The van der Waals surface area contributed by atoms with Gasteiger partial charge in [-0.05, 0) is 85.4 Å². The Morgan fingerprint density at radius 2 is 1.85 bits per heavy atom. The lowest BCUT2D eigenvalue weighted by atomic mass is 9.76. The molecule has 0 spiro atoms. The van der Waals surface area contributed by atoms with Crippen molar-refractivity contribution in [3.63, 3.8) is 0 Å². The summed E-state index contributed by atoms with van der Waals surface area (Å²) in [7, 11) is 0. The summed E-state index contributed by atoms with van der Waals surface area (Å²) in [5.74, 6) is 0.615. The van der Waals surface area contributed by atoms with E-state index in [4.69, 9.17) is 5.26 Å². The number of benzene rings is 2. The number of likely N-dealkylation sites (tertiary alicyclic amines) is 1. The van der Waals surface area contributed by atoms with Gasteiger partial charge in [0, 0.05) is 43.4 Å². The smallest absolute Gasteiger partial charge is 0.139 e. The number of aryl methyl sites for hydroxylation is 1. The second-order valence-electron chi connectivity index (χ2n) is 9.47. The summed E-state index contributed by atoms with van der Waals surface area (Å²) in [4.78, 5) is 6.20. The highest BCUT2D eigenvalue weighted by molar-refractivity contribution is 5.75. The summed E-state index contributed by atoms with van der Waals surface area (Å²) in [5, 5.41) is 9.01. The molecule has 0 unspecified atom stereocenters. The molecule has 0 radical (unpaired) electrons. The van der Waals surface area contributed by atoms with E-state index in [-0.39, 0.29) is 0 Å². The molecule has 0 aromatic heterocycles. The summed E-state index contributed by atoms with van der Waals surface area (Å²) in [5.41, 5.74) is 6.88. The van der Waals surface area contributed by atoms with E-state index in [1.807, 2.05) is 6.20 Å². The fourth-order valence-electron chi connectivity index (χ4n) is 5.08. The molecular weight excluding hydrogens is 409 g/mol. The largest absolute Gasteiger partial charge is 0.371 e. The van der Waals surface area contributed by atoms with Crippen molar-refractivity contribution in [2.75, 3.05) is 13.1 Å². The highest BCUT2D eigenvalue weighted by Crippen LogP contribution is 2.43. The number of alkyl halides is 1. The van der Waals surface area contributed by atoms with Crippen LogP contribution in [0.15, 0.2) is 54.2 Å². The van der Waals surface area contributed by atoms with Gasteiger partial charge in [-0.25, -0.2) is 4.39 Å². The van der Waals surface area contributed by atoms with Crippen LogP contribution in [0.4, 0.5) is 4.39 Å². The zero-order valence-electron chi connectivity index (χ0n) is 19.7. The summed E-state index contributed by atoms with van der Waals surface area (Å²) in [6.45, 7) is 13.5. The van der Waals surface area contributed by atoms with Crippen LogP contribution in [0.3, 0.4) is 0 Å². The van der Waals surface area contributed by atoms with Gasteiger partial charge in [0.2, 0.25) is 0 Å². The van der Waals surface area contributed by atoms with Gasteiger partial charge >= 0.3 is 0 Å². The van der Waals surface area contributed by atoms with Crippen molar-refractivity contribution in [1.29, 1.82) is 5.26 Å². The first-order valence-corrected chi connectivity index (χ1v) is 11.8. The molecule has 1 aliphatic carbocycles. The van der Waals surface area contributed by atoms with Crippen molar-refractivity contribution in [2.45, 2.75) is 57.5 Å². The Hall–Kier alpha value is -3.19. The van der Waals surface area contributed by atoms with Crippen LogP contribution in [0.1, 0.15) is 78.3 Å². The molecule has 1 saturated carbocycles. The molecule has 0 amide bonds. The van der Waals surface area contributed by atoms with Crippen molar-refractivity contribution < 1.29 is 4.39 Å². The molecule has 3 nitrogen and oxygen atoms in total. The Morgan fingerprint density at radius 1 is 1.18 bits per heavy atom. The van der Waals surface area contributed by atoms with E-state index in [1.165, 1.54) is 36.0 Å². The third kappa shape index (κ3) is 4.50. The molecular formula is C29H32FN3. The molecule has 2 fully saturated rings. The Kier molecular flexibility index (Phi) is 6.51. The Bertz CT molecular complexity index is 1120. The zero-order chi connectivity index (χ0) is 23.6. The van der Waals surface area contributed by atoms with Crippen molar-refractivity contribution in [3.05, 3.63) is 82.6 Å². The van der Waals surface area contributed by atoms with Gasteiger partial charge in [-0.15, -0.1) is 0 Å². The van der Waals surface area contributed by atoms with Crippen LogP contribution in [0.25, 0.3) is 11.3 Å². The average Bonchev–Trinajstić information content (AvgIpc) is 2.78. The Balaban J connectivity index is 1.56. The van der Waals surface area contributed by atoms with Crippen LogP contribution in [0.2, 0.25) is 0 Å². The fourth-order valence-corrected chi connectivity index (χ4v) is 5.08. The predicted octanol–water partition coefficient (Wildman–Crippen LogP) is 7.13. The first-order chi connectivity index (χ1) is 15.9. The van der Waals surface area contributed by atoms with Gasteiger partial charge in [0.15, 0.2) is 0 Å². The summed E-state index contributed by atoms with van der Waals surface area (Å²) in [6.07, 6.45) is 6.41. The van der Waals surface area contributed by atoms with Crippen molar-refractivity contribution in [2.24, 2.45) is 4.99 Å². The van der Waals surface area contributed by atoms with Crippen LogP contribution in [-0.2, 0) is 5.67 Å². The summed E-state index contributed by atoms with van der Waals surface area (Å²) >= 11 is 0. The maximum Gasteiger partial charge on any atom is 0.139 e. The molecule has 1 aliphatic heterocycles. The number of hydrogen-bond donors (Lipinski definition) is 0. The second-order valence-corrected chi connectivity index (χ2v) is 9.47. The Morgan fingerprint density at radius 3 is 2.39 bits per heavy atom. The Labute approximate surface area is 197 Å². The van der Waals surface area contributed by atoms with E-state index in [9.17, 15) is 0 Å². The SMILES string of the molecule is C=N/C=C(\C)c1cc(C(=C)N2CCC(F)(c3ccc(C#N)cc3)CC2)c(C)cc1C1CCC1. The molecule has 33 heavy (non-hydrogen) atoms. The molecule has 1 heterocycles. The number of rotatable bonds is 6. The highest BCUT2D eigenvalue weighted by Gasteiger charge is 2.37. The first-order valence-electron chi connectivity index (χ1n) is 11.8. The van der Waals surface area contributed by atoms with E-state index in [0.29, 0.717) is 43.0 Å². The summed E-state index contributed by atoms with van der Waals surface area (Å²) in [6, 6.07) is 13.6. The topological polar surface area (TPSA) is 39.4 Å². The standard InChI is InChI=1S/C29H32FN3/c1-20-16-28(24-6-5-7-24)27(21(2)19-32-4)17-26(20)22(3)33-14-12-29(30,13-15-33)25-10-8-23(18-31)9-11-25/h8-11,16-17,19,24H,3-7,12-15H2,1-2H3/b21-19+. The van der Waals surface area contributed by atoms with Crippen molar-refractivity contribution >= 4 is 18.0 Å². The van der Waals surface area contributed by atoms with Gasteiger partial charge in [-0.1, -0.05) is 31.2 Å². The van der Waals surface area contributed by atoms with E-state index < -0.39 is 5.67 Å². The number of aliphatic imine (C=N–C) groups is 1. The van der Waals surface area contributed by atoms with Gasteiger partial charge in [0.05, 0.1) is 11.6 Å². The number of halogens is 1. The van der Waals surface area contributed by atoms with E-state index >= 15 is 4.39 Å². The molecule has 0 bridgehead atoms. The molecule has 170 valence electrons. The normalized spacial score (nSPS) is 18.4. The number of nitriles is 1. The zero-order valence-corrected chi connectivity index (χ0v) is 19.7. The van der Waals surface area contributed by atoms with Crippen LogP contribution in [-0.4, -0.2) is 24.7 Å². The molecule has 2 aromatic carbocycles. The lowest BCUT2D eigenvalue weighted by Crippen LogP contribution is -2.39. The quantitative estimate of drug-likeness (QED) is 0.447. The van der Waals surface area contributed by atoms with Crippen molar-refractivity contribution in [1.82, 2.24) is 4.90 Å². The van der Waals surface area contributed by atoms with Crippen LogP contribution in [0, 0.1) is 18.3 Å². The van der Waals surface area contributed by atoms with Crippen LogP contribution in [0.5, 0.6) is 0 Å². The minimum atomic E-state index is -1.37. The maximum atomic E-state index is 15.7. The van der Waals surface area contributed by atoms with E-state index in [0.717, 1.165) is 16.8 Å². The van der Waals surface area contributed by atoms with Crippen LogP contribution < -0.4 is 0 Å².